The first-order chi connectivity index (χ1) is 9.35. The lowest BCUT2D eigenvalue weighted by Crippen LogP contribution is -2.09. The number of halogens is 1. The molecule has 0 saturated heterocycles. The zero-order valence-corrected chi connectivity index (χ0v) is 14.8. The van der Waals surface area contributed by atoms with Crippen LogP contribution in [0.4, 0.5) is 0 Å². The molecular formula is C17H35BrO. The summed E-state index contributed by atoms with van der Waals surface area (Å²) < 4.78 is 5.82. The molecule has 0 aliphatic heterocycles. The smallest absolute Gasteiger partial charge is 0.0494 e. The van der Waals surface area contributed by atoms with Crippen LogP contribution in [-0.2, 0) is 4.74 Å². The maximum Gasteiger partial charge on any atom is 0.0494 e. The van der Waals surface area contributed by atoms with E-state index in [2.05, 4.69) is 29.8 Å². The fourth-order valence-corrected chi connectivity index (χ4v) is 2.73. The van der Waals surface area contributed by atoms with Crippen LogP contribution in [0.25, 0.3) is 0 Å². The number of rotatable bonds is 15. The highest BCUT2D eigenvalue weighted by atomic mass is 79.9. The second-order valence-electron chi connectivity index (χ2n) is 5.66. The Kier molecular flexibility index (Phi) is 16.9. The van der Waals surface area contributed by atoms with Gasteiger partial charge in [0.2, 0.25) is 0 Å². The third kappa shape index (κ3) is 14.7. The molecule has 0 fully saturated rings. The van der Waals surface area contributed by atoms with Gasteiger partial charge in [-0.15, -0.1) is 0 Å². The standard InChI is InChI=1S/C17H35BrO/c1-3-5-13-17(4-2)16-19-15-12-10-8-6-7-9-11-14-18/h17H,3-16H2,1-2H3. The van der Waals surface area contributed by atoms with E-state index in [1.54, 1.807) is 0 Å². The van der Waals surface area contributed by atoms with Crippen LogP contribution < -0.4 is 0 Å². The van der Waals surface area contributed by atoms with Crippen molar-refractivity contribution in [3.05, 3.63) is 0 Å². The first-order valence-electron chi connectivity index (χ1n) is 8.48. The van der Waals surface area contributed by atoms with Crippen molar-refractivity contribution in [2.24, 2.45) is 5.92 Å². The minimum absolute atomic E-state index is 0.796. The SMILES string of the molecule is CCCCC(CC)COCCCCCCCCCBr. The molecule has 2 heteroatoms. The summed E-state index contributed by atoms with van der Waals surface area (Å²) in [4.78, 5) is 0. The van der Waals surface area contributed by atoms with Crippen molar-refractivity contribution in [3.63, 3.8) is 0 Å². The lowest BCUT2D eigenvalue weighted by molar-refractivity contribution is 0.0908. The van der Waals surface area contributed by atoms with Crippen LogP contribution in [0.1, 0.15) is 84.5 Å². The Morgan fingerprint density at radius 1 is 0.842 bits per heavy atom. The second-order valence-corrected chi connectivity index (χ2v) is 6.45. The highest BCUT2D eigenvalue weighted by Gasteiger charge is 2.05. The maximum absolute atomic E-state index is 5.82. The van der Waals surface area contributed by atoms with Gasteiger partial charge in [-0.25, -0.2) is 0 Å². The first kappa shape index (κ1) is 19.4. The molecule has 0 rings (SSSR count). The third-order valence-corrected chi connectivity index (χ3v) is 4.38. The zero-order chi connectivity index (χ0) is 14.2. The lowest BCUT2D eigenvalue weighted by atomic mass is 10.0. The van der Waals surface area contributed by atoms with E-state index in [4.69, 9.17) is 4.74 Å². The summed E-state index contributed by atoms with van der Waals surface area (Å²) in [5, 5.41) is 1.16. The van der Waals surface area contributed by atoms with E-state index >= 15 is 0 Å². The number of hydrogen-bond acceptors (Lipinski definition) is 1. The van der Waals surface area contributed by atoms with Crippen LogP contribution in [0.15, 0.2) is 0 Å². The highest BCUT2D eigenvalue weighted by molar-refractivity contribution is 9.09. The molecule has 0 saturated carbocycles. The zero-order valence-electron chi connectivity index (χ0n) is 13.3. The summed E-state index contributed by atoms with van der Waals surface area (Å²) in [6, 6.07) is 0. The Bertz CT molecular complexity index is 161. The average Bonchev–Trinajstić information content (AvgIpc) is 2.44. The number of ether oxygens (including phenoxy) is 1. The largest absolute Gasteiger partial charge is 0.381 e. The van der Waals surface area contributed by atoms with Gasteiger partial charge in [0.1, 0.15) is 0 Å². The van der Waals surface area contributed by atoms with Gasteiger partial charge in [-0.2, -0.15) is 0 Å². The van der Waals surface area contributed by atoms with E-state index in [-0.39, 0.29) is 0 Å². The van der Waals surface area contributed by atoms with Gasteiger partial charge in [0.05, 0.1) is 0 Å². The Morgan fingerprint density at radius 3 is 2.05 bits per heavy atom. The van der Waals surface area contributed by atoms with Crippen molar-refractivity contribution >= 4 is 15.9 Å². The van der Waals surface area contributed by atoms with Crippen LogP contribution in [0.2, 0.25) is 0 Å². The molecule has 0 aromatic carbocycles. The van der Waals surface area contributed by atoms with Crippen molar-refractivity contribution < 1.29 is 4.74 Å². The van der Waals surface area contributed by atoms with E-state index in [0.29, 0.717) is 0 Å². The fourth-order valence-electron chi connectivity index (χ4n) is 2.33. The molecule has 0 bridgehead atoms. The van der Waals surface area contributed by atoms with E-state index in [0.717, 1.165) is 24.5 Å². The van der Waals surface area contributed by atoms with Gasteiger partial charge in [-0.3, -0.25) is 0 Å². The summed E-state index contributed by atoms with van der Waals surface area (Å²) in [5.41, 5.74) is 0. The molecule has 0 N–H and O–H groups in total. The predicted octanol–water partition coefficient (Wildman–Crippen LogP) is 6.35. The summed E-state index contributed by atoms with van der Waals surface area (Å²) in [6.45, 7) is 6.52. The lowest BCUT2D eigenvalue weighted by Gasteiger charge is -2.14. The maximum atomic E-state index is 5.82. The quantitative estimate of drug-likeness (QED) is 0.250. The summed E-state index contributed by atoms with van der Waals surface area (Å²) in [6.07, 6.45) is 14.8. The molecule has 0 amide bonds. The summed E-state index contributed by atoms with van der Waals surface area (Å²) in [7, 11) is 0. The summed E-state index contributed by atoms with van der Waals surface area (Å²) in [5.74, 6) is 0.796. The molecule has 0 aliphatic rings. The normalized spacial score (nSPS) is 12.8. The van der Waals surface area contributed by atoms with Crippen LogP contribution in [0, 0.1) is 5.92 Å². The molecular weight excluding hydrogens is 300 g/mol. The molecule has 1 unspecified atom stereocenters. The van der Waals surface area contributed by atoms with Gasteiger partial charge in [-0.05, 0) is 25.2 Å². The molecule has 19 heavy (non-hydrogen) atoms. The molecule has 0 aliphatic carbocycles. The van der Waals surface area contributed by atoms with Gasteiger partial charge < -0.3 is 4.74 Å². The van der Waals surface area contributed by atoms with Crippen molar-refractivity contribution in [2.75, 3.05) is 18.5 Å². The molecule has 116 valence electrons. The predicted molar refractivity (Wildman–Crippen MR) is 90.2 cm³/mol. The molecule has 0 aromatic heterocycles. The molecule has 1 nitrogen and oxygen atoms in total. The first-order valence-corrected chi connectivity index (χ1v) is 9.61. The summed E-state index contributed by atoms with van der Waals surface area (Å²) >= 11 is 3.48. The van der Waals surface area contributed by atoms with Crippen molar-refractivity contribution in [3.8, 4) is 0 Å². The van der Waals surface area contributed by atoms with Crippen molar-refractivity contribution in [2.45, 2.75) is 84.5 Å². The second kappa shape index (κ2) is 16.5. The Hall–Kier alpha value is 0.440. The number of unbranched alkanes of at least 4 members (excludes halogenated alkanes) is 7. The number of alkyl halides is 1. The molecule has 0 heterocycles. The molecule has 0 radical (unpaired) electrons. The minimum Gasteiger partial charge on any atom is -0.381 e. The topological polar surface area (TPSA) is 9.23 Å². The highest BCUT2D eigenvalue weighted by Crippen LogP contribution is 2.13. The Balaban J connectivity index is 3.16. The fraction of sp³-hybridized carbons (Fsp3) is 1.00. The van der Waals surface area contributed by atoms with E-state index < -0.39 is 0 Å². The van der Waals surface area contributed by atoms with Gasteiger partial charge in [-0.1, -0.05) is 81.1 Å². The van der Waals surface area contributed by atoms with E-state index in [9.17, 15) is 0 Å². The van der Waals surface area contributed by atoms with Gasteiger partial charge in [0, 0.05) is 18.5 Å². The molecule has 0 aromatic rings. The average molecular weight is 335 g/mol. The Labute approximate surface area is 130 Å². The minimum atomic E-state index is 0.796. The van der Waals surface area contributed by atoms with Crippen LogP contribution >= 0.6 is 15.9 Å². The van der Waals surface area contributed by atoms with Crippen LogP contribution in [0.3, 0.4) is 0 Å². The third-order valence-electron chi connectivity index (χ3n) is 3.82. The van der Waals surface area contributed by atoms with Crippen molar-refractivity contribution in [1.82, 2.24) is 0 Å². The van der Waals surface area contributed by atoms with Gasteiger partial charge in [0.25, 0.3) is 0 Å². The number of hydrogen-bond donors (Lipinski definition) is 0. The van der Waals surface area contributed by atoms with Crippen LogP contribution in [-0.4, -0.2) is 18.5 Å². The van der Waals surface area contributed by atoms with Gasteiger partial charge >= 0.3 is 0 Å². The Morgan fingerprint density at radius 2 is 1.47 bits per heavy atom. The van der Waals surface area contributed by atoms with Crippen LogP contribution in [0.5, 0.6) is 0 Å². The monoisotopic (exact) mass is 334 g/mol. The van der Waals surface area contributed by atoms with Crippen molar-refractivity contribution in [1.29, 1.82) is 0 Å². The van der Waals surface area contributed by atoms with E-state index in [1.165, 1.54) is 70.6 Å². The molecule has 0 spiro atoms. The van der Waals surface area contributed by atoms with Gasteiger partial charge in [0.15, 0.2) is 0 Å². The van der Waals surface area contributed by atoms with E-state index in [1.807, 2.05) is 0 Å². The molecule has 1 atom stereocenters.